The molecule has 146 valence electrons. The molecule has 1 fully saturated rings. The summed E-state index contributed by atoms with van der Waals surface area (Å²) in [5, 5.41) is 2.94. The van der Waals surface area contributed by atoms with Gasteiger partial charge in [0, 0.05) is 42.9 Å². The van der Waals surface area contributed by atoms with Gasteiger partial charge in [-0.25, -0.2) is 9.78 Å². The highest BCUT2D eigenvalue weighted by atomic mass is 16.5. The van der Waals surface area contributed by atoms with Crippen LogP contribution in [0, 0.1) is 0 Å². The quantitative estimate of drug-likeness (QED) is 0.820. The zero-order valence-electron chi connectivity index (χ0n) is 16.0. The molecule has 1 atom stereocenters. The fourth-order valence-corrected chi connectivity index (χ4v) is 3.97. The lowest BCUT2D eigenvalue weighted by molar-refractivity contribution is -0.116. The molecule has 1 aromatic carbocycles. The van der Waals surface area contributed by atoms with Gasteiger partial charge in [-0.1, -0.05) is 6.07 Å². The van der Waals surface area contributed by atoms with Crippen LogP contribution in [-0.4, -0.2) is 44.2 Å². The molecule has 28 heavy (non-hydrogen) atoms. The van der Waals surface area contributed by atoms with Crippen LogP contribution in [0.5, 0.6) is 5.75 Å². The van der Waals surface area contributed by atoms with E-state index in [2.05, 4.69) is 21.3 Å². The highest BCUT2D eigenvalue weighted by molar-refractivity contribution is 5.96. The molecule has 1 amide bonds. The minimum Gasteiger partial charge on any atom is -0.495 e. The van der Waals surface area contributed by atoms with Crippen molar-refractivity contribution < 1.29 is 19.1 Å². The van der Waals surface area contributed by atoms with E-state index in [9.17, 15) is 9.59 Å². The number of benzene rings is 1. The number of rotatable bonds is 4. The summed E-state index contributed by atoms with van der Waals surface area (Å²) in [5.41, 5.74) is 3.66. The Morgan fingerprint density at radius 1 is 1.21 bits per heavy atom. The summed E-state index contributed by atoms with van der Waals surface area (Å²) in [6, 6.07) is 9.21. The summed E-state index contributed by atoms with van der Waals surface area (Å²) in [6.45, 7) is 1.98. The predicted molar refractivity (Wildman–Crippen MR) is 105 cm³/mol. The maximum Gasteiger partial charge on any atom is 0.356 e. The zero-order chi connectivity index (χ0) is 19.7. The first kappa shape index (κ1) is 18.3. The van der Waals surface area contributed by atoms with Crippen molar-refractivity contribution >= 4 is 23.3 Å². The molecule has 1 saturated heterocycles. The van der Waals surface area contributed by atoms with E-state index in [-0.39, 0.29) is 23.9 Å². The Kier molecular flexibility index (Phi) is 4.90. The van der Waals surface area contributed by atoms with Crippen molar-refractivity contribution in [1.29, 1.82) is 0 Å². The van der Waals surface area contributed by atoms with E-state index in [1.165, 1.54) is 7.11 Å². The van der Waals surface area contributed by atoms with Crippen molar-refractivity contribution in [1.82, 2.24) is 4.98 Å². The Morgan fingerprint density at radius 2 is 2.00 bits per heavy atom. The lowest BCUT2D eigenvalue weighted by atomic mass is 9.86. The van der Waals surface area contributed by atoms with Gasteiger partial charge in [0.25, 0.3) is 0 Å². The van der Waals surface area contributed by atoms with Crippen LogP contribution in [0.4, 0.5) is 11.4 Å². The molecule has 0 bridgehead atoms. The van der Waals surface area contributed by atoms with Gasteiger partial charge < -0.3 is 19.7 Å². The van der Waals surface area contributed by atoms with Crippen molar-refractivity contribution in [2.24, 2.45) is 0 Å². The van der Waals surface area contributed by atoms with Crippen LogP contribution < -0.4 is 15.0 Å². The van der Waals surface area contributed by atoms with Gasteiger partial charge in [0.05, 0.1) is 19.9 Å². The molecule has 0 saturated carbocycles. The van der Waals surface area contributed by atoms with Gasteiger partial charge in [-0.15, -0.1) is 0 Å². The number of aromatic nitrogens is 1. The van der Waals surface area contributed by atoms with E-state index >= 15 is 0 Å². The van der Waals surface area contributed by atoms with Crippen LogP contribution in [0.25, 0.3) is 0 Å². The van der Waals surface area contributed by atoms with Crippen molar-refractivity contribution in [3.63, 3.8) is 0 Å². The molecule has 7 nitrogen and oxygen atoms in total. The zero-order valence-corrected chi connectivity index (χ0v) is 16.0. The average molecular weight is 381 g/mol. The number of fused-ring (bicyclic) bond motifs is 1. The molecule has 1 unspecified atom stereocenters. The smallest absolute Gasteiger partial charge is 0.356 e. The third-order valence-electron chi connectivity index (χ3n) is 5.36. The van der Waals surface area contributed by atoms with Gasteiger partial charge in [-0.2, -0.15) is 0 Å². The Bertz CT molecular complexity index is 922. The molecule has 3 heterocycles. The molecule has 7 heteroatoms. The van der Waals surface area contributed by atoms with Gasteiger partial charge in [-0.05, 0) is 36.6 Å². The third-order valence-corrected chi connectivity index (χ3v) is 5.36. The monoisotopic (exact) mass is 381 g/mol. The van der Waals surface area contributed by atoms with E-state index < -0.39 is 5.97 Å². The van der Waals surface area contributed by atoms with Gasteiger partial charge in [0.15, 0.2) is 0 Å². The highest BCUT2D eigenvalue weighted by Gasteiger charge is 2.31. The second-order valence-corrected chi connectivity index (χ2v) is 7.05. The molecular weight excluding hydrogens is 358 g/mol. The molecule has 1 aromatic heterocycles. The molecule has 2 aliphatic heterocycles. The lowest BCUT2D eigenvalue weighted by Gasteiger charge is -2.29. The summed E-state index contributed by atoms with van der Waals surface area (Å²) < 4.78 is 10.4. The van der Waals surface area contributed by atoms with E-state index in [1.54, 1.807) is 19.2 Å². The lowest BCUT2D eigenvalue weighted by Crippen LogP contribution is -2.26. The number of carbonyl (C=O) groups excluding carboxylic acids is 2. The largest absolute Gasteiger partial charge is 0.495 e. The van der Waals surface area contributed by atoms with Crippen molar-refractivity contribution in [3.05, 3.63) is 47.3 Å². The number of nitrogens with zero attached hydrogens (tertiary/aromatic N) is 2. The Labute approximate surface area is 163 Å². The molecular formula is C21H23N3O4. The maximum atomic E-state index is 12.3. The van der Waals surface area contributed by atoms with Crippen LogP contribution in [0.15, 0.2) is 30.3 Å². The van der Waals surface area contributed by atoms with Crippen LogP contribution in [0.2, 0.25) is 0 Å². The molecule has 0 aliphatic carbocycles. The average Bonchev–Trinajstić information content (AvgIpc) is 3.26. The van der Waals surface area contributed by atoms with Crippen molar-refractivity contribution in [2.45, 2.75) is 25.2 Å². The minimum atomic E-state index is -0.491. The van der Waals surface area contributed by atoms with Gasteiger partial charge >= 0.3 is 5.97 Å². The van der Waals surface area contributed by atoms with Crippen LogP contribution in [0.3, 0.4) is 0 Å². The first-order valence-corrected chi connectivity index (χ1v) is 9.42. The summed E-state index contributed by atoms with van der Waals surface area (Å²) in [6.07, 6.45) is 2.59. The van der Waals surface area contributed by atoms with Crippen LogP contribution in [0.1, 0.15) is 46.9 Å². The van der Waals surface area contributed by atoms with E-state index in [4.69, 9.17) is 9.47 Å². The first-order valence-electron chi connectivity index (χ1n) is 9.42. The summed E-state index contributed by atoms with van der Waals surface area (Å²) in [5.74, 6) is -0.0629. The number of nitrogens with one attached hydrogen (secondary N) is 1. The summed E-state index contributed by atoms with van der Waals surface area (Å²) in [7, 11) is 2.97. The van der Waals surface area contributed by atoms with Gasteiger partial charge in [0.1, 0.15) is 11.4 Å². The van der Waals surface area contributed by atoms with E-state index in [1.807, 2.05) is 12.1 Å². The summed E-state index contributed by atoms with van der Waals surface area (Å²) in [4.78, 5) is 31.0. The minimum absolute atomic E-state index is 0.0845. The number of hydrogen-bond donors (Lipinski definition) is 1. The normalized spacial score (nSPS) is 18.4. The van der Waals surface area contributed by atoms with E-state index in [0.717, 1.165) is 48.6 Å². The summed E-state index contributed by atoms with van der Waals surface area (Å²) >= 11 is 0. The molecule has 2 aromatic rings. The van der Waals surface area contributed by atoms with Crippen LogP contribution >= 0.6 is 0 Å². The number of carbonyl (C=O) groups is 2. The Balaban J connectivity index is 1.80. The SMILES string of the molecule is COC(=O)c1cccc(C2CC(=O)Nc3cc(OC)c(N4CCCC4)cc32)n1. The third kappa shape index (κ3) is 3.28. The molecule has 2 aliphatic rings. The number of methoxy groups -OCH3 is 2. The van der Waals surface area contributed by atoms with Crippen LogP contribution in [-0.2, 0) is 9.53 Å². The first-order chi connectivity index (χ1) is 13.6. The number of esters is 1. The molecule has 1 N–H and O–H groups in total. The topological polar surface area (TPSA) is 80.8 Å². The Hall–Kier alpha value is -3.09. The fourth-order valence-electron chi connectivity index (χ4n) is 3.97. The highest BCUT2D eigenvalue weighted by Crippen LogP contribution is 2.43. The molecule has 4 rings (SSSR count). The standard InChI is InChI=1S/C21H23N3O4/c1-27-19-12-17-13(10-18(19)24-8-3-4-9-24)14(11-20(25)23-17)15-6-5-7-16(22-15)21(26)28-2/h5-7,10,12,14H,3-4,8-9,11H2,1-2H3,(H,23,25). The van der Waals surface area contributed by atoms with Crippen molar-refractivity contribution in [2.75, 3.05) is 37.5 Å². The molecule has 0 radical (unpaired) electrons. The fraction of sp³-hybridized carbons (Fsp3) is 0.381. The second-order valence-electron chi connectivity index (χ2n) is 7.05. The number of amides is 1. The van der Waals surface area contributed by atoms with Crippen molar-refractivity contribution in [3.8, 4) is 5.75 Å². The second kappa shape index (κ2) is 7.50. The van der Waals surface area contributed by atoms with E-state index in [0.29, 0.717) is 5.69 Å². The predicted octanol–water partition coefficient (Wildman–Crippen LogP) is 2.95. The maximum absolute atomic E-state index is 12.3. The number of hydrogen-bond acceptors (Lipinski definition) is 6. The molecule has 0 spiro atoms. The Morgan fingerprint density at radius 3 is 2.71 bits per heavy atom. The number of ether oxygens (including phenoxy) is 2. The van der Waals surface area contributed by atoms with Gasteiger partial charge in [0.2, 0.25) is 5.91 Å². The van der Waals surface area contributed by atoms with Gasteiger partial charge in [-0.3, -0.25) is 4.79 Å². The number of anilines is 2. The number of pyridine rings is 1.